The minimum absolute atomic E-state index is 0.164. The molecule has 0 radical (unpaired) electrons. The summed E-state index contributed by atoms with van der Waals surface area (Å²) in [5.41, 5.74) is 1.20. The van der Waals surface area contributed by atoms with Crippen LogP contribution in [0.5, 0.6) is 5.75 Å². The second-order valence-corrected chi connectivity index (χ2v) is 6.32. The van der Waals surface area contributed by atoms with Gasteiger partial charge in [-0.25, -0.2) is 4.79 Å². The molecule has 2 N–H and O–H groups in total. The number of likely N-dealkylation sites (tertiary alicyclic amines) is 1. The van der Waals surface area contributed by atoms with Gasteiger partial charge in [-0.1, -0.05) is 19.1 Å². The van der Waals surface area contributed by atoms with E-state index in [-0.39, 0.29) is 6.03 Å². The molecule has 0 aliphatic carbocycles. The van der Waals surface area contributed by atoms with Crippen molar-refractivity contribution in [3.05, 3.63) is 29.8 Å². The van der Waals surface area contributed by atoms with Crippen LogP contribution >= 0.6 is 0 Å². The highest BCUT2D eigenvalue weighted by Crippen LogP contribution is 2.21. The third-order valence-corrected chi connectivity index (χ3v) is 4.60. The highest BCUT2D eigenvalue weighted by Gasteiger charge is 2.27. The van der Waals surface area contributed by atoms with E-state index >= 15 is 0 Å². The fraction of sp³-hybridized carbons (Fsp3) is 0.556. The van der Waals surface area contributed by atoms with E-state index in [0.29, 0.717) is 32.0 Å². The lowest BCUT2D eigenvalue weighted by Gasteiger charge is -2.30. The molecule has 1 heterocycles. The zero-order valence-corrected chi connectivity index (χ0v) is 14.3. The number of carbonyl (C=O) groups excluding carboxylic acids is 1. The van der Waals surface area contributed by atoms with E-state index in [1.165, 1.54) is 5.56 Å². The van der Waals surface area contributed by atoms with Crippen molar-refractivity contribution in [1.29, 1.82) is 0 Å². The quantitative estimate of drug-likeness (QED) is 0.838. The Labute approximate surface area is 142 Å². The molecule has 1 fully saturated rings. The number of ether oxygens (including phenoxy) is 1. The molecule has 2 unspecified atom stereocenters. The van der Waals surface area contributed by atoms with E-state index in [1.54, 1.807) is 12.0 Å². The normalized spacial score (nSPS) is 18.8. The van der Waals surface area contributed by atoms with Crippen molar-refractivity contribution in [2.45, 2.75) is 32.1 Å². The van der Waals surface area contributed by atoms with Crippen LogP contribution in [0.15, 0.2) is 24.3 Å². The first-order chi connectivity index (χ1) is 11.5. The predicted molar refractivity (Wildman–Crippen MR) is 91.4 cm³/mol. The number of carboxylic acid groups (broad SMARTS) is 1. The van der Waals surface area contributed by atoms with Crippen molar-refractivity contribution in [2.75, 3.05) is 26.7 Å². The van der Waals surface area contributed by atoms with Crippen LogP contribution in [0.1, 0.15) is 37.7 Å². The zero-order chi connectivity index (χ0) is 17.5. The summed E-state index contributed by atoms with van der Waals surface area (Å²) in [4.78, 5) is 24.8. The van der Waals surface area contributed by atoms with Gasteiger partial charge in [-0.15, -0.1) is 0 Å². The Bertz CT molecular complexity index is 559. The molecule has 0 aromatic heterocycles. The maximum absolute atomic E-state index is 12.2. The van der Waals surface area contributed by atoms with Crippen molar-refractivity contribution in [3.8, 4) is 5.75 Å². The predicted octanol–water partition coefficient (Wildman–Crippen LogP) is 2.70. The number of aliphatic carboxylic acids is 1. The van der Waals surface area contributed by atoms with Crippen molar-refractivity contribution in [3.63, 3.8) is 0 Å². The third-order valence-electron chi connectivity index (χ3n) is 4.60. The SMILES string of the molecule is COc1ccc(C(C)CCNC(=O)N2CCCC(C(=O)O)C2)cc1. The lowest BCUT2D eigenvalue weighted by Crippen LogP contribution is -2.47. The average molecular weight is 334 g/mol. The van der Waals surface area contributed by atoms with E-state index in [1.807, 2.05) is 24.3 Å². The Hall–Kier alpha value is -2.24. The van der Waals surface area contributed by atoms with Gasteiger partial charge >= 0.3 is 12.0 Å². The zero-order valence-electron chi connectivity index (χ0n) is 14.3. The van der Waals surface area contributed by atoms with Crippen LogP contribution in [-0.4, -0.2) is 48.8 Å². The molecule has 1 aromatic rings. The van der Waals surface area contributed by atoms with Gasteiger partial charge in [-0.05, 0) is 42.9 Å². The molecule has 132 valence electrons. The number of urea groups is 1. The van der Waals surface area contributed by atoms with Gasteiger partial charge in [0.15, 0.2) is 0 Å². The summed E-state index contributed by atoms with van der Waals surface area (Å²) in [6.07, 6.45) is 2.22. The van der Waals surface area contributed by atoms with E-state index in [4.69, 9.17) is 9.84 Å². The summed E-state index contributed by atoms with van der Waals surface area (Å²) < 4.78 is 5.15. The summed E-state index contributed by atoms with van der Waals surface area (Å²) in [7, 11) is 1.64. The number of nitrogens with zero attached hydrogens (tertiary/aromatic N) is 1. The van der Waals surface area contributed by atoms with E-state index < -0.39 is 11.9 Å². The van der Waals surface area contributed by atoms with Crippen LogP contribution in [0.2, 0.25) is 0 Å². The molecular formula is C18H26N2O4. The molecule has 0 spiro atoms. The summed E-state index contributed by atoms with van der Waals surface area (Å²) in [6.45, 7) is 3.62. The molecule has 6 nitrogen and oxygen atoms in total. The number of carboxylic acids is 1. The van der Waals surface area contributed by atoms with Crippen molar-refractivity contribution >= 4 is 12.0 Å². The number of hydrogen-bond acceptors (Lipinski definition) is 3. The van der Waals surface area contributed by atoms with Crippen LogP contribution in [0, 0.1) is 5.92 Å². The topological polar surface area (TPSA) is 78.9 Å². The highest BCUT2D eigenvalue weighted by atomic mass is 16.5. The molecule has 0 saturated carbocycles. The smallest absolute Gasteiger partial charge is 0.317 e. The molecule has 0 bridgehead atoms. The third kappa shape index (κ3) is 4.88. The first-order valence-electron chi connectivity index (χ1n) is 8.40. The van der Waals surface area contributed by atoms with E-state index in [0.717, 1.165) is 18.6 Å². The molecule has 2 amide bonds. The van der Waals surface area contributed by atoms with Gasteiger partial charge in [0.25, 0.3) is 0 Å². The van der Waals surface area contributed by atoms with Gasteiger partial charge in [0.1, 0.15) is 5.75 Å². The number of amides is 2. The van der Waals surface area contributed by atoms with Crippen LogP contribution in [-0.2, 0) is 4.79 Å². The highest BCUT2D eigenvalue weighted by molar-refractivity contribution is 5.76. The molecule has 2 atom stereocenters. The van der Waals surface area contributed by atoms with Gasteiger partial charge < -0.3 is 20.1 Å². The van der Waals surface area contributed by atoms with E-state index in [9.17, 15) is 9.59 Å². The maximum Gasteiger partial charge on any atom is 0.317 e. The largest absolute Gasteiger partial charge is 0.497 e. The summed E-state index contributed by atoms with van der Waals surface area (Å²) in [5, 5.41) is 12.0. The average Bonchev–Trinajstić information content (AvgIpc) is 2.61. The van der Waals surface area contributed by atoms with Crippen molar-refractivity contribution < 1.29 is 19.4 Å². The molecular weight excluding hydrogens is 308 g/mol. The second kappa shape index (κ2) is 8.57. The Morgan fingerprint density at radius 2 is 2.08 bits per heavy atom. The molecule has 1 aliphatic rings. The first-order valence-corrected chi connectivity index (χ1v) is 8.40. The molecule has 24 heavy (non-hydrogen) atoms. The van der Waals surface area contributed by atoms with E-state index in [2.05, 4.69) is 12.2 Å². The fourth-order valence-corrected chi connectivity index (χ4v) is 2.97. The number of nitrogens with one attached hydrogen (secondary N) is 1. The molecule has 1 saturated heterocycles. The Morgan fingerprint density at radius 3 is 2.71 bits per heavy atom. The number of methoxy groups -OCH3 is 1. The Kier molecular flexibility index (Phi) is 6.46. The molecule has 6 heteroatoms. The Balaban J connectivity index is 1.76. The van der Waals surface area contributed by atoms with Crippen molar-refractivity contribution in [2.24, 2.45) is 5.92 Å². The molecule has 1 aliphatic heterocycles. The second-order valence-electron chi connectivity index (χ2n) is 6.32. The lowest BCUT2D eigenvalue weighted by atomic mass is 9.97. The lowest BCUT2D eigenvalue weighted by molar-refractivity contribution is -0.143. The summed E-state index contributed by atoms with van der Waals surface area (Å²) >= 11 is 0. The number of carbonyl (C=O) groups is 2. The van der Waals surface area contributed by atoms with Gasteiger partial charge in [0.2, 0.25) is 0 Å². The maximum atomic E-state index is 12.2. The van der Waals surface area contributed by atoms with Gasteiger partial charge in [-0.3, -0.25) is 4.79 Å². The Morgan fingerprint density at radius 1 is 1.38 bits per heavy atom. The number of hydrogen-bond donors (Lipinski definition) is 2. The van der Waals surface area contributed by atoms with Gasteiger partial charge in [-0.2, -0.15) is 0 Å². The summed E-state index contributed by atoms with van der Waals surface area (Å²) in [5.74, 6) is -0.106. The summed E-state index contributed by atoms with van der Waals surface area (Å²) in [6, 6.07) is 7.78. The van der Waals surface area contributed by atoms with Crippen molar-refractivity contribution in [1.82, 2.24) is 10.2 Å². The minimum atomic E-state index is -0.819. The van der Waals surface area contributed by atoms with Crippen LogP contribution in [0.4, 0.5) is 4.79 Å². The number of piperidine rings is 1. The minimum Gasteiger partial charge on any atom is -0.497 e. The van der Waals surface area contributed by atoms with Crippen LogP contribution < -0.4 is 10.1 Å². The van der Waals surface area contributed by atoms with Gasteiger partial charge in [0.05, 0.1) is 13.0 Å². The monoisotopic (exact) mass is 334 g/mol. The van der Waals surface area contributed by atoms with Crippen LogP contribution in [0.3, 0.4) is 0 Å². The standard InChI is InChI=1S/C18H26N2O4/c1-13(14-5-7-16(24-2)8-6-14)9-10-19-18(23)20-11-3-4-15(12-20)17(21)22/h5-8,13,15H,3-4,9-12H2,1-2H3,(H,19,23)(H,21,22). The fourth-order valence-electron chi connectivity index (χ4n) is 2.97. The van der Waals surface area contributed by atoms with Crippen LogP contribution in [0.25, 0.3) is 0 Å². The molecule has 2 rings (SSSR count). The van der Waals surface area contributed by atoms with Gasteiger partial charge in [0, 0.05) is 19.6 Å². The number of benzene rings is 1. The number of rotatable bonds is 6. The molecule has 1 aromatic carbocycles. The first kappa shape index (κ1) is 18.1.